The van der Waals surface area contributed by atoms with E-state index in [0.29, 0.717) is 58.8 Å². The van der Waals surface area contributed by atoms with Crippen LogP contribution < -0.4 is 14.5 Å². The predicted octanol–water partition coefficient (Wildman–Crippen LogP) is 7.31. The molecule has 2 fully saturated rings. The first kappa shape index (κ1) is 34.9. The zero-order valence-electron chi connectivity index (χ0n) is 29.2. The van der Waals surface area contributed by atoms with Crippen molar-refractivity contribution >= 4 is 47.4 Å². The molecule has 1 aromatic carbocycles. The SMILES string of the molecule is Cc1ncc(Oc2nc(N3CC4CC(OP(=O)(OC(C)C)OC(C)C)C4C3)c3c(n2)[nH]c2c(N(C)C(=O)OC(C)(C)C)cc(F)cc23)cn1. The number of benzene rings is 1. The summed E-state index contributed by atoms with van der Waals surface area (Å²) in [5, 5.41) is 1.03. The van der Waals surface area contributed by atoms with Gasteiger partial charge in [0.1, 0.15) is 28.7 Å². The highest BCUT2D eigenvalue weighted by atomic mass is 31.2. The molecule has 3 aromatic heterocycles. The van der Waals surface area contributed by atoms with Crippen molar-refractivity contribution in [2.75, 3.05) is 29.9 Å². The van der Waals surface area contributed by atoms with E-state index in [1.54, 1.807) is 55.4 Å². The van der Waals surface area contributed by atoms with Crippen molar-refractivity contribution < 1.29 is 36.8 Å². The highest BCUT2D eigenvalue weighted by Crippen LogP contribution is 2.58. The molecule has 49 heavy (non-hydrogen) atoms. The monoisotopic (exact) mass is 699 g/mol. The van der Waals surface area contributed by atoms with Gasteiger partial charge in [-0.2, -0.15) is 9.97 Å². The van der Waals surface area contributed by atoms with E-state index >= 15 is 4.39 Å². The summed E-state index contributed by atoms with van der Waals surface area (Å²) in [5.74, 6) is 1.09. The second-order valence-electron chi connectivity index (χ2n) is 14.1. The van der Waals surface area contributed by atoms with Gasteiger partial charge in [0.15, 0.2) is 5.75 Å². The Morgan fingerprint density at radius 1 is 1.08 bits per heavy atom. The van der Waals surface area contributed by atoms with E-state index in [1.165, 1.54) is 36.5 Å². The number of hydrogen-bond donors (Lipinski definition) is 1. The van der Waals surface area contributed by atoms with E-state index in [0.717, 1.165) is 0 Å². The first-order valence-electron chi connectivity index (χ1n) is 16.3. The third-order valence-corrected chi connectivity index (χ3v) is 10.1. The van der Waals surface area contributed by atoms with E-state index in [1.807, 2.05) is 0 Å². The average Bonchev–Trinajstić information content (AvgIpc) is 3.51. The number of fused-ring (bicyclic) bond motifs is 4. The number of H-pyrrole nitrogens is 1. The molecule has 1 saturated carbocycles. The molecule has 1 aliphatic heterocycles. The number of ether oxygens (including phenoxy) is 2. The standard InChI is InChI=1S/C33H43FN7O7P/c1-17(2)46-49(43,47-18(3)4)48-26-10-20-15-41(16-24(20)26)30-27-23-11-21(34)12-25(40(9)32(42)45-33(6,7)8)28(23)37-29(27)38-31(39-30)44-22-13-35-19(5)36-14-22/h11-14,17-18,20,24,26H,10,15-16H2,1-9H3,(H,37,38,39). The molecular formula is C33H43FN7O7P. The number of aryl methyl sites for hydroxylation is 1. The van der Waals surface area contributed by atoms with Gasteiger partial charge < -0.3 is 19.4 Å². The number of nitrogens with zero attached hydrogens (tertiary/aromatic N) is 6. The predicted molar refractivity (Wildman–Crippen MR) is 182 cm³/mol. The Morgan fingerprint density at radius 2 is 1.76 bits per heavy atom. The van der Waals surface area contributed by atoms with Gasteiger partial charge >= 0.3 is 19.9 Å². The zero-order chi connectivity index (χ0) is 35.4. The van der Waals surface area contributed by atoms with Gasteiger partial charge in [0, 0.05) is 31.4 Å². The summed E-state index contributed by atoms with van der Waals surface area (Å²) in [6, 6.07) is 2.68. The second-order valence-corrected chi connectivity index (χ2v) is 15.6. The summed E-state index contributed by atoms with van der Waals surface area (Å²) >= 11 is 0. The Kier molecular flexibility index (Phi) is 9.33. The molecule has 4 heterocycles. The molecule has 16 heteroatoms. The lowest BCUT2D eigenvalue weighted by atomic mass is 9.74. The molecule has 264 valence electrons. The van der Waals surface area contributed by atoms with Crippen LogP contribution in [0.2, 0.25) is 0 Å². The number of phosphoric ester groups is 1. The molecule has 14 nitrogen and oxygen atoms in total. The maximum absolute atomic E-state index is 15.3. The number of anilines is 2. The fourth-order valence-electron chi connectivity index (χ4n) is 6.21. The highest BCUT2D eigenvalue weighted by Gasteiger charge is 2.52. The Labute approximate surface area is 284 Å². The maximum atomic E-state index is 15.3. The topological polar surface area (TPSA) is 154 Å². The van der Waals surface area contributed by atoms with Gasteiger partial charge in [-0.05, 0) is 79.9 Å². The largest absolute Gasteiger partial charge is 0.475 e. The lowest BCUT2D eigenvalue weighted by molar-refractivity contribution is -0.0298. The van der Waals surface area contributed by atoms with Gasteiger partial charge in [0.2, 0.25) is 0 Å². The number of amides is 1. The van der Waals surface area contributed by atoms with Crippen molar-refractivity contribution in [3.63, 3.8) is 0 Å². The van der Waals surface area contributed by atoms with Crippen molar-refractivity contribution in [3.05, 3.63) is 36.2 Å². The van der Waals surface area contributed by atoms with Crippen LogP contribution >= 0.6 is 7.82 Å². The van der Waals surface area contributed by atoms with E-state index in [-0.39, 0.29) is 41.8 Å². The molecule has 1 aliphatic carbocycles. The van der Waals surface area contributed by atoms with E-state index in [2.05, 4.69) is 24.8 Å². The van der Waals surface area contributed by atoms with Gasteiger partial charge in [-0.3, -0.25) is 18.5 Å². The molecule has 1 N–H and O–H groups in total. The van der Waals surface area contributed by atoms with Crippen LogP contribution in [0.15, 0.2) is 24.5 Å². The van der Waals surface area contributed by atoms with Crippen molar-refractivity contribution in [1.82, 2.24) is 24.9 Å². The fraction of sp³-hybridized carbons (Fsp3) is 0.545. The molecule has 0 radical (unpaired) electrons. The Morgan fingerprint density at radius 3 is 2.39 bits per heavy atom. The Bertz CT molecular complexity index is 1900. The number of hydrogen-bond acceptors (Lipinski definition) is 12. The quantitative estimate of drug-likeness (QED) is 0.165. The van der Waals surface area contributed by atoms with Crippen molar-refractivity contribution in [2.45, 2.75) is 85.7 Å². The average molecular weight is 700 g/mol. The normalized spacial score (nSPS) is 19.5. The van der Waals surface area contributed by atoms with Crippen LogP contribution in [-0.2, 0) is 22.9 Å². The highest BCUT2D eigenvalue weighted by molar-refractivity contribution is 7.48. The zero-order valence-corrected chi connectivity index (χ0v) is 30.1. The number of nitrogens with one attached hydrogen (secondary N) is 1. The van der Waals surface area contributed by atoms with Crippen LogP contribution in [0.25, 0.3) is 21.9 Å². The number of phosphoric acid groups is 1. The number of halogens is 1. The van der Waals surface area contributed by atoms with Crippen LogP contribution in [0.1, 0.15) is 60.7 Å². The lowest BCUT2D eigenvalue weighted by Crippen LogP contribution is -2.42. The van der Waals surface area contributed by atoms with Gasteiger partial charge in [0.05, 0.1) is 47.3 Å². The van der Waals surface area contributed by atoms with E-state index in [4.69, 9.17) is 28.0 Å². The summed E-state index contributed by atoms with van der Waals surface area (Å²) in [7, 11) is -2.29. The molecule has 4 aromatic rings. The number of carbonyl (C=O) groups is 1. The minimum Gasteiger partial charge on any atom is -0.443 e. The third-order valence-electron chi connectivity index (χ3n) is 8.21. The van der Waals surface area contributed by atoms with Crippen LogP contribution in [0, 0.1) is 24.6 Å². The first-order chi connectivity index (χ1) is 23.0. The molecule has 1 saturated heterocycles. The molecular weight excluding hydrogens is 656 g/mol. The van der Waals surface area contributed by atoms with Crippen LogP contribution in [0.5, 0.6) is 11.8 Å². The molecule has 3 unspecified atom stereocenters. The van der Waals surface area contributed by atoms with Crippen molar-refractivity contribution in [3.8, 4) is 11.8 Å². The van der Waals surface area contributed by atoms with Gasteiger partial charge in [0.25, 0.3) is 0 Å². The van der Waals surface area contributed by atoms with Crippen LogP contribution in [-0.4, -0.2) is 75.1 Å². The first-order valence-corrected chi connectivity index (χ1v) is 17.8. The maximum Gasteiger partial charge on any atom is 0.475 e. The summed E-state index contributed by atoms with van der Waals surface area (Å²) in [5.41, 5.74) is 0.357. The smallest absolute Gasteiger partial charge is 0.443 e. The molecule has 0 bridgehead atoms. The minimum atomic E-state index is -3.81. The van der Waals surface area contributed by atoms with Crippen LogP contribution in [0.4, 0.5) is 20.7 Å². The summed E-state index contributed by atoms with van der Waals surface area (Å²) in [6.07, 6.45) is 2.00. The lowest BCUT2D eigenvalue weighted by Gasteiger charge is -2.40. The number of aromatic amines is 1. The number of aromatic nitrogens is 5. The Hall–Kier alpha value is -3.91. The minimum absolute atomic E-state index is 0.00976. The van der Waals surface area contributed by atoms with Gasteiger partial charge in [-0.15, -0.1) is 0 Å². The van der Waals surface area contributed by atoms with E-state index < -0.39 is 25.3 Å². The third kappa shape index (κ3) is 7.49. The number of carbonyl (C=O) groups excluding carboxylic acids is 1. The molecule has 2 aliphatic rings. The van der Waals surface area contributed by atoms with Gasteiger partial charge in [-0.1, -0.05) is 0 Å². The molecule has 3 atom stereocenters. The van der Waals surface area contributed by atoms with Crippen molar-refractivity contribution in [2.24, 2.45) is 11.8 Å². The fourth-order valence-corrected chi connectivity index (χ4v) is 7.96. The summed E-state index contributed by atoms with van der Waals surface area (Å²) in [4.78, 5) is 37.6. The Balaban J connectivity index is 1.39. The molecule has 6 rings (SSSR count). The summed E-state index contributed by atoms with van der Waals surface area (Å²) < 4.78 is 57.8. The number of rotatable bonds is 10. The van der Waals surface area contributed by atoms with E-state index in [9.17, 15) is 9.36 Å². The molecule has 1 amide bonds. The second kappa shape index (κ2) is 13.1. The molecule has 0 spiro atoms. The van der Waals surface area contributed by atoms with Crippen molar-refractivity contribution in [1.29, 1.82) is 0 Å². The van der Waals surface area contributed by atoms with Crippen LogP contribution in [0.3, 0.4) is 0 Å². The summed E-state index contributed by atoms with van der Waals surface area (Å²) in [6.45, 7) is 15.3. The van der Waals surface area contributed by atoms with Gasteiger partial charge in [-0.25, -0.2) is 23.7 Å².